The number of H-pyrrole nitrogens is 1. The van der Waals surface area contributed by atoms with Gasteiger partial charge in [-0.1, -0.05) is 59.6 Å². The average molecular weight is 467 g/mol. The number of aromatic nitrogens is 2. The topological polar surface area (TPSA) is 83.8 Å². The predicted octanol–water partition coefficient (Wildman–Crippen LogP) is 5.73. The number of nitrogens with one attached hydrogen (secondary N) is 2. The summed E-state index contributed by atoms with van der Waals surface area (Å²) in [5.74, 6) is -0.560. The highest BCUT2D eigenvalue weighted by Gasteiger charge is 2.21. The van der Waals surface area contributed by atoms with Crippen LogP contribution in [-0.4, -0.2) is 22.6 Å². The second-order valence-corrected chi connectivity index (χ2v) is 8.53. The molecule has 1 aromatic heterocycles. The van der Waals surface area contributed by atoms with Gasteiger partial charge in [0.2, 0.25) is 5.91 Å². The number of carbonyl (C=O) groups is 1. The normalized spacial score (nSPS) is 12.1. The molecule has 0 aliphatic rings. The molecule has 1 unspecified atom stereocenters. The third kappa shape index (κ3) is 5.13. The Hall–Kier alpha value is -2.86. The van der Waals surface area contributed by atoms with Gasteiger partial charge in [-0.05, 0) is 67.3 Å². The number of aromatic amines is 1. The van der Waals surface area contributed by atoms with Crippen LogP contribution in [0.15, 0.2) is 66.7 Å². The second-order valence-electron chi connectivity index (χ2n) is 7.71. The molecule has 0 radical (unpaired) electrons. The van der Waals surface area contributed by atoms with Crippen LogP contribution in [0.2, 0.25) is 10.0 Å². The van der Waals surface area contributed by atoms with E-state index in [1.807, 2.05) is 42.5 Å². The van der Waals surface area contributed by atoms with Gasteiger partial charge in [0.05, 0.1) is 21.5 Å². The summed E-state index contributed by atoms with van der Waals surface area (Å²) >= 11 is 12.2. The van der Waals surface area contributed by atoms with Crippen molar-refractivity contribution in [3.05, 3.63) is 93.6 Å². The summed E-state index contributed by atoms with van der Waals surface area (Å²) in [6, 6.07) is 21.3. The summed E-state index contributed by atoms with van der Waals surface area (Å²) in [5, 5.41) is 12.4. The molecular weight excluding hydrogens is 443 g/mol. The fourth-order valence-corrected chi connectivity index (χ4v) is 4.13. The summed E-state index contributed by atoms with van der Waals surface area (Å²) in [5.41, 5.74) is 10.5. The summed E-state index contributed by atoms with van der Waals surface area (Å²) in [4.78, 5) is 13.1. The van der Waals surface area contributed by atoms with E-state index in [4.69, 9.17) is 28.9 Å². The predicted molar refractivity (Wildman–Crippen MR) is 131 cm³/mol. The first kappa shape index (κ1) is 22.3. The highest BCUT2D eigenvalue weighted by atomic mass is 35.5. The lowest BCUT2D eigenvalue weighted by molar-refractivity contribution is -0.117. The number of carbonyl (C=O) groups excluding carboxylic acids is 1. The molecule has 4 aromatic rings. The van der Waals surface area contributed by atoms with Gasteiger partial charge in [0.1, 0.15) is 0 Å². The molecule has 5 nitrogen and oxygen atoms in total. The van der Waals surface area contributed by atoms with Crippen molar-refractivity contribution in [2.45, 2.75) is 25.2 Å². The number of hydrogen-bond acceptors (Lipinski definition) is 3. The van der Waals surface area contributed by atoms with Crippen molar-refractivity contribution in [2.24, 2.45) is 5.73 Å². The maximum absolute atomic E-state index is 13.1. The second kappa shape index (κ2) is 10.2. The Morgan fingerprint density at radius 1 is 1.00 bits per heavy atom. The van der Waals surface area contributed by atoms with Gasteiger partial charge in [0.15, 0.2) is 0 Å². The summed E-state index contributed by atoms with van der Waals surface area (Å²) in [6.45, 7) is 0.378. The molecule has 32 heavy (non-hydrogen) atoms. The monoisotopic (exact) mass is 466 g/mol. The molecule has 0 fully saturated rings. The van der Waals surface area contributed by atoms with E-state index < -0.39 is 5.92 Å². The number of benzene rings is 3. The lowest BCUT2D eigenvalue weighted by Gasteiger charge is -2.17. The van der Waals surface area contributed by atoms with Gasteiger partial charge in [0, 0.05) is 16.8 Å². The zero-order valence-corrected chi connectivity index (χ0v) is 19.0. The SMILES string of the molecule is NCCC(C(=O)Nc1ccc2n[nH]c(CCc3ccccc3)c2c1)c1ccc(Cl)c(Cl)c1. The molecule has 7 heteroatoms. The number of rotatable bonds is 8. The molecule has 0 saturated heterocycles. The van der Waals surface area contributed by atoms with Crippen molar-refractivity contribution in [3.8, 4) is 0 Å². The molecule has 1 amide bonds. The van der Waals surface area contributed by atoms with Crippen LogP contribution in [0.1, 0.15) is 29.2 Å². The molecule has 4 rings (SSSR count). The van der Waals surface area contributed by atoms with Crippen LogP contribution in [0, 0.1) is 0 Å². The van der Waals surface area contributed by atoms with E-state index in [-0.39, 0.29) is 5.91 Å². The number of nitrogens with zero attached hydrogens (tertiary/aromatic N) is 1. The van der Waals surface area contributed by atoms with E-state index in [0.717, 1.165) is 35.0 Å². The van der Waals surface area contributed by atoms with Crippen molar-refractivity contribution in [3.63, 3.8) is 0 Å². The Labute approximate surface area is 196 Å². The molecule has 4 N–H and O–H groups in total. The number of anilines is 1. The zero-order valence-electron chi connectivity index (χ0n) is 17.4. The summed E-state index contributed by atoms with van der Waals surface area (Å²) < 4.78 is 0. The largest absolute Gasteiger partial charge is 0.330 e. The minimum atomic E-state index is -0.424. The van der Waals surface area contributed by atoms with Gasteiger partial charge < -0.3 is 11.1 Å². The third-order valence-electron chi connectivity index (χ3n) is 5.52. The zero-order chi connectivity index (χ0) is 22.5. The Morgan fingerprint density at radius 3 is 2.56 bits per heavy atom. The number of amides is 1. The number of fused-ring (bicyclic) bond motifs is 1. The highest BCUT2D eigenvalue weighted by molar-refractivity contribution is 6.42. The highest BCUT2D eigenvalue weighted by Crippen LogP contribution is 2.29. The number of halogens is 2. The molecule has 0 aliphatic carbocycles. The standard InChI is InChI=1S/C25H24Cl2N4O/c26-21-9-7-17(14-22(21)27)19(12-13-28)25(32)29-18-8-11-24-20(15-18)23(30-31-24)10-6-16-4-2-1-3-5-16/h1-5,7-9,11,14-15,19H,6,10,12-13,28H2,(H,29,32)(H,30,31). The fraction of sp³-hybridized carbons (Fsp3) is 0.200. The maximum atomic E-state index is 13.1. The van der Waals surface area contributed by atoms with E-state index in [9.17, 15) is 4.79 Å². The first-order valence-electron chi connectivity index (χ1n) is 10.5. The molecule has 1 atom stereocenters. The lowest BCUT2D eigenvalue weighted by Crippen LogP contribution is -2.23. The molecule has 0 saturated carbocycles. The summed E-state index contributed by atoms with van der Waals surface area (Å²) in [6.07, 6.45) is 2.24. The Balaban J connectivity index is 1.53. The van der Waals surface area contributed by atoms with Gasteiger partial charge in [-0.3, -0.25) is 9.89 Å². The maximum Gasteiger partial charge on any atom is 0.231 e. The number of nitrogens with two attached hydrogens (primary N) is 1. The van der Waals surface area contributed by atoms with Crippen molar-refractivity contribution in [2.75, 3.05) is 11.9 Å². The molecule has 164 valence electrons. The Morgan fingerprint density at radius 2 is 1.81 bits per heavy atom. The van der Waals surface area contributed by atoms with Crippen molar-refractivity contribution in [1.82, 2.24) is 10.2 Å². The van der Waals surface area contributed by atoms with E-state index in [0.29, 0.717) is 28.7 Å². The molecule has 1 heterocycles. The fourth-order valence-electron chi connectivity index (χ4n) is 3.82. The minimum absolute atomic E-state index is 0.137. The van der Waals surface area contributed by atoms with Crippen molar-refractivity contribution >= 4 is 45.7 Å². The van der Waals surface area contributed by atoms with E-state index in [1.165, 1.54) is 5.56 Å². The van der Waals surface area contributed by atoms with E-state index >= 15 is 0 Å². The third-order valence-corrected chi connectivity index (χ3v) is 6.26. The van der Waals surface area contributed by atoms with Crippen LogP contribution in [0.3, 0.4) is 0 Å². The quantitative estimate of drug-likeness (QED) is 0.310. The summed E-state index contributed by atoms with van der Waals surface area (Å²) in [7, 11) is 0. The van der Waals surface area contributed by atoms with Crippen LogP contribution in [0.4, 0.5) is 5.69 Å². The molecule has 0 aliphatic heterocycles. The van der Waals surface area contributed by atoms with Crippen molar-refractivity contribution in [1.29, 1.82) is 0 Å². The molecule has 0 bridgehead atoms. The molecule has 3 aromatic carbocycles. The number of aryl methyl sites for hydroxylation is 2. The smallest absolute Gasteiger partial charge is 0.231 e. The minimum Gasteiger partial charge on any atom is -0.330 e. The van der Waals surface area contributed by atoms with E-state index in [1.54, 1.807) is 12.1 Å². The Bertz CT molecular complexity index is 1220. The van der Waals surface area contributed by atoms with Crippen LogP contribution in [0.25, 0.3) is 10.9 Å². The van der Waals surface area contributed by atoms with Crippen molar-refractivity contribution < 1.29 is 4.79 Å². The van der Waals surface area contributed by atoms with Crippen LogP contribution in [0.5, 0.6) is 0 Å². The van der Waals surface area contributed by atoms with Gasteiger partial charge >= 0.3 is 0 Å². The van der Waals surface area contributed by atoms with E-state index in [2.05, 4.69) is 27.6 Å². The molecule has 0 spiro atoms. The van der Waals surface area contributed by atoms with Crippen LogP contribution >= 0.6 is 23.2 Å². The van der Waals surface area contributed by atoms with Crippen LogP contribution < -0.4 is 11.1 Å². The Kier molecular flexibility index (Phi) is 7.10. The average Bonchev–Trinajstić information content (AvgIpc) is 3.21. The lowest BCUT2D eigenvalue weighted by atomic mass is 9.94. The first-order valence-corrected chi connectivity index (χ1v) is 11.3. The molecular formula is C25H24Cl2N4O. The number of hydrogen-bond donors (Lipinski definition) is 3. The van der Waals surface area contributed by atoms with Gasteiger partial charge in [-0.2, -0.15) is 5.10 Å². The van der Waals surface area contributed by atoms with Gasteiger partial charge in [0.25, 0.3) is 0 Å². The first-order chi connectivity index (χ1) is 15.5. The van der Waals surface area contributed by atoms with Gasteiger partial charge in [-0.15, -0.1) is 0 Å². The van der Waals surface area contributed by atoms with Gasteiger partial charge in [-0.25, -0.2) is 0 Å². The van der Waals surface area contributed by atoms with Crippen LogP contribution in [-0.2, 0) is 17.6 Å².